The van der Waals surface area contributed by atoms with Gasteiger partial charge in [-0.15, -0.1) is 0 Å². The number of hydrogen-bond donors (Lipinski definition) is 1. The van der Waals surface area contributed by atoms with Crippen molar-refractivity contribution in [3.63, 3.8) is 0 Å². The van der Waals surface area contributed by atoms with Gasteiger partial charge in [0.2, 0.25) is 5.91 Å². The van der Waals surface area contributed by atoms with Gasteiger partial charge in [0.15, 0.2) is 0 Å². The lowest BCUT2D eigenvalue weighted by Crippen LogP contribution is -2.19. The quantitative estimate of drug-likeness (QED) is 0.635. The van der Waals surface area contributed by atoms with Crippen LogP contribution in [0.4, 0.5) is 0 Å². The minimum Gasteiger partial charge on any atom is -0.469 e. The van der Waals surface area contributed by atoms with Gasteiger partial charge in [0.25, 0.3) is 0 Å². The Morgan fingerprint density at radius 1 is 1.39 bits per heavy atom. The molecule has 0 fully saturated rings. The number of nitrogens with one attached hydrogen (secondary N) is 1. The predicted molar refractivity (Wildman–Crippen MR) is 67.7 cm³/mol. The zero-order chi connectivity index (χ0) is 13.4. The number of amides is 1. The summed E-state index contributed by atoms with van der Waals surface area (Å²) in [6.07, 6.45) is 0.234. The van der Waals surface area contributed by atoms with E-state index in [4.69, 9.17) is 0 Å². The van der Waals surface area contributed by atoms with Gasteiger partial charge in [-0.1, -0.05) is 24.0 Å². The van der Waals surface area contributed by atoms with Gasteiger partial charge in [-0.3, -0.25) is 9.59 Å². The van der Waals surface area contributed by atoms with Crippen LogP contribution < -0.4 is 5.32 Å². The lowest BCUT2D eigenvalue weighted by molar-refractivity contribution is -0.139. The SMILES string of the molecule is COC(=O)Cc1cccc(C#CCNC(C)=O)c1. The van der Waals surface area contributed by atoms with Gasteiger partial charge < -0.3 is 10.1 Å². The molecular formula is C14H15NO3. The Hall–Kier alpha value is -2.28. The van der Waals surface area contributed by atoms with Crippen molar-refractivity contribution in [2.24, 2.45) is 0 Å². The fourth-order valence-corrected chi connectivity index (χ4v) is 1.31. The Morgan fingerprint density at radius 2 is 2.17 bits per heavy atom. The lowest BCUT2D eigenvalue weighted by atomic mass is 10.1. The molecule has 0 atom stereocenters. The standard InChI is InChI=1S/C14H15NO3/c1-11(16)15-8-4-7-12-5-3-6-13(9-12)10-14(17)18-2/h3,5-6,9H,8,10H2,1-2H3,(H,15,16). The minimum absolute atomic E-state index is 0.108. The van der Waals surface area contributed by atoms with Crippen molar-refractivity contribution in [2.45, 2.75) is 13.3 Å². The van der Waals surface area contributed by atoms with Crippen LogP contribution in [0.15, 0.2) is 24.3 Å². The lowest BCUT2D eigenvalue weighted by Gasteiger charge is -2.00. The first kappa shape index (κ1) is 13.8. The van der Waals surface area contributed by atoms with Gasteiger partial charge in [0.05, 0.1) is 20.1 Å². The highest BCUT2D eigenvalue weighted by Gasteiger charge is 2.02. The second-order valence-electron chi connectivity index (χ2n) is 3.66. The van der Waals surface area contributed by atoms with Crippen LogP contribution in [-0.2, 0) is 20.7 Å². The number of rotatable bonds is 3. The van der Waals surface area contributed by atoms with Crippen LogP contribution in [0.2, 0.25) is 0 Å². The van der Waals surface area contributed by atoms with E-state index in [1.165, 1.54) is 14.0 Å². The molecule has 0 aliphatic heterocycles. The largest absolute Gasteiger partial charge is 0.469 e. The highest BCUT2D eigenvalue weighted by molar-refractivity contribution is 5.73. The molecule has 94 valence electrons. The van der Waals surface area contributed by atoms with Crippen LogP contribution in [0.5, 0.6) is 0 Å². The topological polar surface area (TPSA) is 55.4 Å². The zero-order valence-electron chi connectivity index (χ0n) is 10.4. The summed E-state index contributed by atoms with van der Waals surface area (Å²) in [7, 11) is 1.36. The van der Waals surface area contributed by atoms with Crippen LogP contribution >= 0.6 is 0 Å². The van der Waals surface area contributed by atoms with Crippen molar-refractivity contribution < 1.29 is 14.3 Å². The van der Waals surface area contributed by atoms with Crippen LogP contribution in [-0.4, -0.2) is 25.5 Å². The summed E-state index contributed by atoms with van der Waals surface area (Å²) in [5, 5.41) is 2.59. The van der Waals surface area contributed by atoms with Crippen molar-refractivity contribution in [1.29, 1.82) is 0 Å². The molecule has 4 nitrogen and oxygen atoms in total. The first-order valence-corrected chi connectivity index (χ1v) is 5.51. The van der Waals surface area contributed by atoms with Gasteiger partial charge in [0, 0.05) is 12.5 Å². The predicted octanol–water partition coefficient (Wildman–Crippen LogP) is 0.890. The molecule has 1 N–H and O–H groups in total. The van der Waals surface area contributed by atoms with Crippen LogP contribution in [0, 0.1) is 11.8 Å². The molecule has 1 amide bonds. The average molecular weight is 245 g/mol. The van der Waals surface area contributed by atoms with E-state index < -0.39 is 0 Å². The van der Waals surface area contributed by atoms with E-state index in [0.29, 0.717) is 6.54 Å². The summed E-state index contributed by atoms with van der Waals surface area (Å²) in [4.78, 5) is 21.8. The number of benzene rings is 1. The number of carbonyl (C=O) groups is 2. The summed E-state index contributed by atoms with van der Waals surface area (Å²) in [6.45, 7) is 1.76. The van der Waals surface area contributed by atoms with Gasteiger partial charge in [-0.25, -0.2) is 0 Å². The van der Waals surface area contributed by atoms with Crippen LogP contribution in [0.3, 0.4) is 0 Å². The van der Waals surface area contributed by atoms with Crippen molar-refractivity contribution in [1.82, 2.24) is 5.32 Å². The van der Waals surface area contributed by atoms with E-state index in [9.17, 15) is 9.59 Å². The maximum absolute atomic E-state index is 11.1. The summed E-state index contributed by atoms with van der Waals surface area (Å²) in [6, 6.07) is 7.36. The number of methoxy groups -OCH3 is 1. The highest BCUT2D eigenvalue weighted by Crippen LogP contribution is 2.05. The third-order valence-electron chi connectivity index (χ3n) is 2.16. The molecule has 1 aromatic rings. The summed E-state index contributed by atoms with van der Waals surface area (Å²) < 4.78 is 4.60. The molecule has 0 bridgehead atoms. The van der Waals surface area contributed by atoms with E-state index in [-0.39, 0.29) is 18.3 Å². The molecule has 1 rings (SSSR count). The maximum atomic E-state index is 11.1. The van der Waals surface area contributed by atoms with Gasteiger partial charge >= 0.3 is 5.97 Å². The van der Waals surface area contributed by atoms with Gasteiger partial charge in [-0.05, 0) is 17.7 Å². The molecule has 4 heteroatoms. The smallest absolute Gasteiger partial charge is 0.309 e. The van der Waals surface area contributed by atoms with E-state index in [2.05, 4.69) is 21.9 Å². The molecule has 0 radical (unpaired) electrons. The molecule has 0 aliphatic rings. The van der Waals surface area contributed by atoms with Crippen molar-refractivity contribution >= 4 is 11.9 Å². The second kappa shape index (κ2) is 7.13. The molecule has 0 spiro atoms. The zero-order valence-corrected chi connectivity index (χ0v) is 10.4. The summed E-state index contributed by atoms with van der Waals surface area (Å²) >= 11 is 0. The first-order valence-electron chi connectivity index (χ1n) is 5.51. The Balaban J connectivity index is 2.64. The Bertz CT molecular complexity index is 497. The molecule has 0 heterocycles. The van der Waals surface area contributed by atoms with Gasteiger partial charge in [-0.2, -0.15) is 0 Å². The van der Waals surface area contributed by atoms with E-state index >= 15 is 0 Å². The Morgan fingerprint density at radius 3 is 2.83 bits per heavy atom. The molecule has 0 saturated heterocycles. The van der Waals surface area contributed by atoms with Crippen molar-refractivity contribution in [2.75, 3.05) is 13.7 Å². The third-order valence-corrected chi connectivity index (χ3v) is 2.16. The van der Waals surface area contributed by atoms with E-state index in [1.54, 1.807) is 0 Å². The normalized spacial score (nSPS) is 9.00. The fourth-order valence-electron chi connectivity index (χ4n) is 1.31. The molecule has 0 aliphatic carbocycles. The van der Waals surface area contributed by atoms with Crippen LogP contribution in [0.25, 0.3) is 0 Å². The molecule has 0 aromatic heterocycles. The first-order chi connectivity index (χ1) is 8.61. The Kier molecular flexibility index (Phi) is 5.46. The molecule has 1 aromatic carbocycles. The maximum Gasteiger partial charge on any atom is 0.309 e. The molecular weight excluding hydrogens is 230 g/mol. The molecule has 0 unspecified atom stereocenters. The second-order valence-corrected chi connectivity index (χ2v) is 3.66. The highest BCUT2D eigenvalue weighted by atomic mass is 16.5. The molecule has 18 heavy (non-hydrogen) atoms. The van der Waals surface area contributed by atoms with Crippen molar-refractivity contribution in [3.05, 3.63) is 35.4 Å². The number of esters is 1. The van der Waals surface area contributed by atoms with Crippen molar-refractivity contribution in [3.8, 4) is 11.8 Å². The number of hydrogen-bond acceptors (Lipinski definition) is 3. The fraction of sp³-hybridized carbons (Fsp3) is 0.286. The van der Waals surface area contributed by atoms with Crippen LogP contribution in [0.1, 0.15) is 18.1 Å². The number of carbonyl (C=O) groups excluding carboxylic acids is 2. The van der Waals surface area contributed by atoms with E-state index in [1.807, 2.05) is 24.3 Å². The summed E-state index contributed by atoms with van der Waals surface area (Å²) in [5.74, 6) is 5.36. The van der Waals surface area contributed by atoms with E-state index in [0.717, 1.165) is 11.1 Å². The minimum atomic E-state index is -0.279. The third kappa shape index (κ3) is 5.17. The average Bonchev–Trinajstić information content (AvgIpc) is 2.35. The Labute approximate surface area is 106 Å². The molecule has 0 saturated carbocycles. The number of ether oxygens (including phenoxy) is 1. The summed E-state index contributed by atoms with van der Waals surface area (Å²) in [5.41, 5.74) is 1.66. The monoisotopic (exact) mass is 245 g/mol. The van der Waals surface area contributed by atoms with Gasteiger partial charge in [0.1, 0.15) is 0 Å².